The summed E-state index contributed by atoms with van der Waals surface area (Å²) < 4.78 is 4.69. The summed E-state index contributed by atoms with van der Waals surface area (Å²) in [6.07, 6.45) is -0.670. The van der Waals surface area contributed by atoms with Crippen molar-refractivity contribution in [3.63, 3.8) is 0 Å². The molecular weight excluding hydrogens is 108 g/mol. The molecule has 4 heteroatoms. The highest BCUT2D eigenvalue weighted by atomic mass is 16.5. The molecule has 0 amide bonds. The van der Waals surface area contributed by atoms with Gasteiger partial charge in [-0.1, -0.05) is 0 Å². The van der Waals surface area contributed by atoms with E-state index in [1.165, 1.54) is 0 Å². The first-order valence-electron chi connectivity index (χ1n) is 2.46. The molecule has 0 radical (unpaired) electrons. The van der Waals surface area contributed by atoms with Gasteiger partial charge in [0, 0.05) is 0 Å². The van der Waals surface area contributed by atoms with Crippen molar-refractivity contribution < 1.29 is 9.84 Å². The van der Waals surface area contributed by atoms with Crippen molar-refractivity contribution in [2.24, 2.45) is 11.5 Å². The summed E-state index contributed by atoms with van der Waals surface area (Å²) >= 11 is 0. The van der Waals surface area contributed by atoms with E-state index in [-0.39, 0.29) is 13.2 Å². The van der Waals surface area contributed by atoms with Gasteiger partial charge in [0.15, 0.2) is 0 Å². The first-order valence-corrected chi connectivity index (χ1v) is 2.46. The Morgan fingerprint density at radius 1 is 1.50 bits per heavy atom. The van der Waals surface area contributed by atoms with E-state index >= 15 is 0 Å². The normalized spacial score (nSPS) is 25.5. The molecule has 8 heavy (non-hydrogen) atoms. The van der Waals surface area contributed by atoms with E-state index in [4.69, 9.17) is 16.6 Å². The number of nitrogens with two attached hydrogens (primary N) is 2. The molecule has 0 aromatic heterocycles. The summed E-state index contributed by atoms with van der Waals surface area (Å²) in [5, 5.41) is 9.11. The summed E-state index contributed by atoms with van der Waals surface area (Å²) in [6.45, 7) is 0.537. The minimum atomic E-state index is -0.944. The zero-order chi connectivity index (χ0) is 6.20. The number of aliphatic hydroxyl groups is 1. The van der Waals surface area contributed by atoms with Crippen LogP contribution >= 0.6 is 0 Å². The van der Waals surface area contributed by atoms with Crippen LogP contribution in [0.2, 0.25) is 0 Å². The van der Waals surface area contributed by atoms with Crippen LogP contribution in [0.15, 0.2) is 0 Å². The quantitative estimate of drug-likeness (QED) is 0.347. The predicted molar refractivity (Wildman–Crippen MR) is 27.9 cm³/mol. The Labute approximate surface area is 47.4 Å². The van der Waals surface area contributed by atoms with E-state index in [1.54, 1.807) is 0 Å². The SMILES string of the molecule is NC(N)C1(O)COC1. The second kappa shape index (κ2) is 1.66. The van der Waals surface area contributed by atoms with Gasteiger partial charge in [0.05, 0.1) is 19.4 Å². The maximum atomic E-state index is 9.11. The summed E-state index contributed by atoms with van der Waals surface area (Å²) in [5.74, 6) is 0. The van der Waals surface area contributed by atoms with Crippen molar-refractivity contribution in [1.29, 1.82) is 0 Å². The second-order valence-electron chi connectivity index (χ2n) is 2.12. The monoisotopic (exact) mass is 118 g/mol. The van der Waals surface area contributed by atoms with Gasteiger partial charge < -0.3 is 21.3 Å². The van der Waals surface area contributed by atoms with E-state index < -0.39 is 11.8 Å². The van der Waals surface area contributed by atoms with Gasteiger partial charge in [0.1, 0.15) is 5.60 Å². The van der Waals surface area contributed by atoms with Crippen molar-refractivity contribution in [2.75, 3.05) is 13.2 Å². The molecule has 5 N–H and O–H groups in total. The van der Waals surface area contributed by atoms with E-state index in [9.17, 15) is 0 Å². The molecule has 0 spiro atoms. The van der Waals surface area contributed by atoms with Crippen molar-refractivity contribution in [1.82, 2.24) is 0 Å². The smallest absolute Gasteiger partial charge is 0.139 e. The molecule has 0 saturated carbocycles. The fourth-order valence-corrected chi connectivity index (χ4v) is 0.504. The minimum absolute atomic E-state index is 0.269. The minimum Gasteiger partial charge on any atom is -0.382 e. The zero-order valence-corrected chi connectivity index (χ0v) is 4.50. The average Bonchev–Trinajstić information content (AvgIpc) is 1.60. The van der Waals surface area contributed by atoms with Crippen LogP contribution < -0.4 is 11.5 Å². The van der Waals surface area contributed by atoms with Crippen molar-refractivity contribution in [3.05, 3.63) is 0 Å². The Morgan fingerprint density at radius 3 is 2.00 bits per heavy atom. The van der Waals surface area contributed by atoms with Crippen LogP contribution in [0.5, 0.6) is 0 Å². The van der Waals surface area contributed by atoms with Gasteiger partial charge in [0.25, 0.3) is 0 Å². The maximum absolute atomic E-state index is 9.11. The average molecular weight is 118 g/mol. The molecule has 0 aliphatic carbocycles. The number of hydrogen-bond acceptors (Lipinski definition) is 4. The Balaban J connectivity index is 2.41. The summed E-state index contributed by atoms with van der Waals surface area (Å²) in [7, 11) is 0. The van der Waals surface area contributed by atoms with Gasteiger partial charge in [-0.25, -0.2) is 0 Å². The van der Waals surface area contributed by atoms with Crippen LogP contribution in [0, 0.1) is 0 Å². The maximum Gasteiger partial charge on any atom is 0.139 e. The molecule has 1 fully saturated rings. The van der Waals surface area contributed by atoms with E-state index in [1.807, 2.05) is 0 Å². The lowest BCUT2D eigenvalue weighted by molar-refractivity contribution is -0.188. The van der Waals surface area contributed by atoms with Crippen molar-refractivity contribution >= 4 is 0 Å². The van der Waals surface area contributed by atoms with Gasteiger partial charge in [-0.2, -0.15) is 0 Å². The fourth-order valence-electron chi connectivity index (χ4n) is 0.504. The second-order valence-corrected chi connectivity index (χ2v) is 2.12. The van der Waals surface area contributed by atoms with Gasteiger partial charge in [-0.15, -0.1) is 0 Å². The zero-order valence-electron chi connectivity index (χ0n) is 4.50. The molecule has 4 nitrogen and oxygen atoms in total. The lowest BCUT2D eigenvalue weighted by Crippen LogP contribution is -2.65. The first-order chi connectivity index (χ1) is 3.65. The fraction of sp³-hybridized carbons (Fsp3) is 1.00. The standard InChI is InChI=1S/C4H10N2O2/c5-3(6)4(7)1-8-2-4/h3,7H,1-2,5-6H2. The largest absolute Gasteiger partial charge is 0.382 e. The predicted octanol–water partition coefficient (Wildman–Crippen LogP) is -2.01. The molecule has 0 unspecified atom stereocenters. The lowest BCUT2D eigenvalue weighted by atomic mass is 10.00. The molecule has 0 atom stereocenters. The molecular formula is C4H10N2O2. The third kappa shape index (κ3) is 0.714. The molecule has 1 aliphatic rings. The van der Waals surface area contributed by atoms with Gasteiger partial charge in [0.2, 0.25) is 0 Å². The highest BCUT2D eigenvalue weighted by Gasteiger charge is 2.40. The van der Waals surface area contributed by atoms with Gasteiger partial charge >= 0.3 is 0 Å². The third-order valence-electron chi connectivity index (χ3n) is 1.32. The third-order valence-corrected chi connectivity index (χ3v) is 1.32. The Morgan fingerprint density at radius 2 is 2.00 bits per heavy atom. The van der Waals surface area contributed by atoms with Gasteiger partial charge in [-0.05, 0) is 0 Å². The summed E-state index contributed by atoms with van der Waals surface area (Å²) in [5.41, 5.74) is 9.42. The molecule has 1 aliphatic heterocycles. The molecule has 0 aromatic carbocycles. The molecule has 0 bridgehead atoms. The van der Waals surface area contributed by atoms with E-state index in [0.29, 0.717) is 0 Å². The topological polar surface area (TPSA) is 81.5 Å². The van der Waals surface area contributed by atoms with Crippen molar-refractivity contribution in [2.45, 2.75) is 11.8 Å². The van der Waals surface area contributed by atoms with Crippen LogP contribution in [0.4, 0.5) is 0 Å². The Hall–Kier alpha value is -0.160. The number of ether oxygens (including phenoxy) is 1. The molecule has 1 saturated heterocycles. The number of rotatable bonds is 1. The molecule has 48 valence electrons. The number of hydrogen-bond donors (Lipinski definition) is 3. The van der Waals surface area contributed by atoms with Crippen LogP contribution in [-0.2, 0) is 4.74 Å². The summed E-state index contributed by atoms with van der Waals surface area (Å²) in [4.78, 5) is 0. The van der Waals surface area contributed by atoms with Crippen LogP contribution in [-0.4, -0.2) is 30.1 Å². The van der Waals surface area contributed by atoms with Crippen LogP contribution in [0.3, 0.4) is 0 Å². The molecule has 0 aromatic rings. The van der Waals surface area contributed by atoms with Crippen LogP contribution in [0.25, 0.3) is 0 Å². The Bertz CT molecular complexity index is 90.0. The lowest BCUT2D eigenvalue weighted by Gasteiger charge is -2.38. The summed E-state index contributed by atoms with van der Waals surface area (Å²) in [6, 6.07) is 0. The Kier molecular flexibility index (Phi) is 1.24. The van der Waals surface area contributed by atoms with Crippen LogP contribution in [0.1, 0.15) is 0 Å². The van der Waals surface area contributed by atoms with E-state index in [2.05, 4.69) is 4.74 Å². The van der Waals surface area contributed by atoms with E-state index in [0.717, 1.165) is 0 Å². The first kappa shape index (κ1) is 5.97. The highest BCUT2D eigenvalue weighted by Crippen LogP contribution is 2.16. The van der Waals surface area contributed by atoms with Gasteiger partial charge in [-0.3, -0.25) is 0 Å². The molecule has 1 rings (SSSR count). The highest BCUT2D eigenvalue weighted by molar-refractivity contribution is 4.91. The molecule has 1 heterocycles. The van der Waals surface area contributed by atoms with Crippen molar-refractivity contribution in [3.8, 4) is 0 Å².